The van der Waals surface area contributed by atoms with Gasteiger partial charge in [0, 0.05) is 29.6 Å². The Morgan fingerprint density at radius 1 is 1.17 bits per heavy atom. The van der Waals surface area contributed by atoms with E-state index in [1.165, 1.54) is 0 Å². The summed E-state index contributed by atoms with van der Waals surface area (Å²) in [6, 6.07) is 9.70. The van der Waals surface area contributed by atoms with Gasteiger partial charge in [0.1, 0.15) is 11.3 Å². The Bertz CT molecular complexity index is 1090. The second-order valence-electron chi connectivity index (χ2n) is 7.32. The molecule has 0 aliphatic rings. The first-order chi connectivity index (χ1) is 13.8. The summed E-state index contributed by atoms with van der Waals surface area (Å²) < 4.78 is 5.36. The number of H-pyrrole nitrogens is 1. The van der Waals surface area contributed by atoms with Gasteiger partial charge in [-0.15, -0.1) is 0 Å². The van der Waals surface area contributed by atoms with Crippen LogP contribution in [0.1, 0.15) is 41.1 Å². The molecule has 3 N–H and O–H groups in total. The molecule has 3 aromatic rings. The van der Waals surface area contributed by atoms with E-state index in [1.807, 2.05) is 44.3 Å². The van der Waals surface area contributed by atoms with E-state index < -0.39 is 11.5 Å². The average molecular weight is 395 g/mol. The predicted octanol–water partition coefficient (Wildman–Crippen LogP) is 2.47. The van der Waals surface area contributed by atoms with E-state index in [-0.39, 0.29) is 24.1 Å². The van der Waals surface area contributed by atoms with E-state index in [0.29, 0.717) is 24.2 Å². The lowest BCUT2D eigenvalue weighted by Crippen LogP contribution is -2.41. The molecule has 0 atom stereocenters. The third-order valence-corrected chi connectivity index (χ3v) is 4.60. The van der Waals surface area contributed by atoms with Crippen LogP contribution in [0.25, 0.3) is 10.9 Å². The van der Waals surface area contributed by atoms with Crippen molar-refractivity contribution in [3.8, 4) is 0 Å². The topological polar surface area (TPSA) is 104 Å². The van der Waals surface area contributed by atoms with Crippen molar-refractivity contribution in [3.63, 3.8) is 0 Å². The Kier molecular flexibility index (Phi) is 6.16. The standard InChI is InChI=1S/C22H25N3O4/c1-13(2)25-19(26)12-24-21(27)20-14(3)10-16(29-22(20)28)9-8-15-11-23-18-7-5-4-6-17(15)18/h4-7,10-11,13,23H,8-9,12H2,1-3H3,(H,24,27)(H,25,26). The second-order valence-corrected chi connectivity index (χ2v) is 7.32. The molecule has 2 aromatic heterocycles. The van der Waals surface area contributed by atoms with Crippen molar-refractivity contribution < 1.29 is 14.0 Å². The molecule has 0 aliphatic carbocycles. The molecule has 7 nitrogen and oxygen atoms in total. The number of aromatic nitrogens is 1. The molecule has 0 unspecified atom stereocenters. The van der Waals surface area contributed by atoms with Gasteiger partial charge in [0.15, 0.2) is 0 Å². The zero-order valence-electron chi connectivity index (χ0n) is 16.8. The number of nitrogens with one attached hydrogen (secondary N) is 3. The van der Waals surface area contributed by atoms with Crippen LogP contribution in [0.4, 0.5) is 0 Å². The first-order valence-corrected chi connectivity index (χ1v) is 9.61. The number of amides is 2. The summed E-state index contributed by atoms with van der Waals surface area (Å²) in [4.78, 5) is 39.6. The van der Waals surface area contributed by atoms with Gasteiger partial charge in [0.2, 0.25) is 5.91 Å². The number of para-hydroxylation sites is 1. The maximum Gasteiger partial charge on any atom is 0.349 e. The Morgan fingerprint density at radius 3 is 2.66 bits per heavy atom. The second kappa shape index (κ2) is 8.77. The molecule has 0 saturated heterocycles. The van der Waals surface area contributed by atoms with E-state index in [1.54, 1.807) is 13.0 Å². The van der Waals surface area contributed by atoms with Crippen LogP contribution in [-0.4, -0.2) is 29.4 Å². The van der Waals surface area contributed by atoms with Crippen molar-refractivity contribution in [2.75, 3.05) is 6.54 Å². The van der Waals surface area contributed by atoms with Gasteiger partial charge in [0.05, 0.1) is 6.54 Å². The monoisotopic (exact) mass is 395 g/mol. The molecule has 2 heterocycles. The summed E-state index contributed by atoms with van der Waals surface area (Å²) in [5, 5.41) is 6.28. The van der Waals surface area contributed by atoms with Gasteiger partial charge in [0.25, 0.3) is 5.91 Å². The number of hydrogen-bond acceptors (Lipinski definition) is 4. The SMILES string of the molecule is Cc1cc(CCc2c[nH]c3ccccc23)oc(=O)c1C(=O)NCC(=O)NC(C)C. The van der Waals surface area contributed by atoms with Gasteiger partial charge in [-0.3, -0.25) is 9.59 Å². The normalized spacial score (nSPS) is 11.0. The fourth-order valence-corrected chi connectivity index (χ4v) is 3.29. The van der Waals surface area contributed by atoms with Crippen molar-refractivity contribution in [2.45, 2.75) is 39.7 Å². The number of aromatic amines is 1. The van der Waals surface area contributed by atoms with Crippen LogP contribution in [0, 0.1) is 6.92 Å². The van der Waals surface area contributed by atoms with Crippen LogP contribution in [0.5, 0.6) is 0 Å². The maximum absolute atomic E-state index is 12.4. The zero-order chi connectivity index (χ0) is 21.0. The molecule has 152 valence electrons. The summed E-state index contributed by atoms with van der Waals surface area (Å²) in [5.74, 6) is -0.407. The third-order valence-electron chi connectivity index (χ3n) is 4.60. The molecular weight excluding hydrogens is 370 g/mol. The van der Waals surface area contributed by atoms with Crippen LogP contribution < -0.4 is 16.3 Å². The Morgan fingerprint density at radius 2 is 1.93 bits per heavy atom. The lowest BCUT2D eigenvalue weighted by atomic mass is 10.1. The highest BCUT2D eigenvalue weighted by atomic mass is 16.4. The fourth-order valence-electron chi connectivity index (χ4n) is 3.29. The van der Waals surface area contributed by atoms with Gasteiger partial charge < -0.3 is 20.0 Å². The number of rotatable bonds is 7. The fraction of sp³-hybridized carbons (Fsp3) is 0.318. The molecule has 1 aromatic carbocycles. The van der Waals surface area contributed by atoms with Gasteiger partial charge in [-0.05, 0) is 50.5 Å². The lowest BCUT2D eigenvalue weighted by molar-refractivity contribution is -0.120. The molecule has 2 amide bonds. The number of fused-ring (bicyclic) bond motifs is 1. The van der Waals surface area contributed by atoms with Gasteiger partial charge >= 0.3 is 5.63 Å². The number of carbonyl (C=O) groups excluding carboxylic acids is 2. The van der Waals surface area contributed by atoms with Gasteiger partial charge in [-0.1, -0.05) is 18.2 Å². The van der Waals surface area contributed by atoms with Gasteiger partial charge in [-0.25, -0.2) is 4.79 Å². The highest BCUT2D eigenvalue weighted by Crippen LogP contribution is 2.19. The minimum atomic E-state index is -0.694. The Hall–Kier alpha value is -3.35. The molecule has 29 heavy (non-hydrogen) atoms. The van der Waals surface area contributed by atoms with Gasteiger partial charge in [-0.2, -0.15) is 0 Å². The molecule has 0 aliphatic heterocycles. The van der Waals surface area contributed by atoms with E-state index in [9.17, 15) is 14.4 Å². The number of hydrogen-bond donors (Lipinski definition) is 3. The minimum absolute atomic E-state index is 0.0253. The summed E-state index contributed by atoms with van der Waals surface area (Å²) in [7, 11) is 0. The smallest absolute Gasteiger partial charge is 0.349 e. The van der Waals surface area contributed by atoms with Crippen molar-refractivity contribution in [2.24, 2.45) is 0 Å². The van der Waals surface area contributed by atoms with Crippen molar-refractivity contribution in [1.29, 1.82) is 0 Å². The van der Waals surface area contributed by atoms with E-state index in [4.69, 9.17) is 4.42 Å². The molecule has 0 fully saturated rings. The van der Waals surface area contributed by atoms with E-state index in [0.717, 1.165) is 16.5 Å². The Balaban J connectivity index is 1.68. The maximum atomic E-state index is 12.4. The molecule has 0 spiro atoms. The van der Waals surface area contributed by atoms with Crippen molar-refractivity contribution in [1.82, 2.24) is 15.6 Å². The zero-order valence-corrected chi connectivity index (χ0v) is 16.8. The van der Waals surface area contributed by atoms with Crippen molar-refractivity contribution in [3.05, 3.63) is 69.4 Å². The largest absolute Gasteiger partial charge is 0.427 e. The predicted molar refractivity (Wildman–Crippen MR) is 111 cm³/mol. The molecule has 7 heteroatoms. The van der Waals surface area contributed by atoms with E-state index >= 15 is 0 Å². The first kappa shape index (κ1) is 20.4. The average Bonchev–Trinajstić information content (AvgIpc) is 3.07. The highest BCUT2D eigenvalue weighted by molar-refractivity contribution is 5.97. The molecule has 0 saturated carbocycles. The van der Waals surface area contributed by atoms with Crippen LogP contribution >= 0.6 is 0 Å². The minimum Gasteiger partial charge on any atom is -0.427 e. The third kappa shape index (κ3) is 4.93. The molecular formula is C22H25N3O4. The molecule has 0 radical (unpaired) electrons. The summed E-state index contributed by atoms with van der Waals surface area (Å²) in [6.45, 7) is 5.15. The Labute approximate surface area is 168 Å². The molecule has 3 rings (SSSR count). The summed E-state index contributed by atoms with van der Waals surface area (Å²) in [5.41, 5.74) is 1.96. The van der Waals surface area contributed by atoms with Crippen LogP contribution in [-0.2, 0) is 17.6 Å². The lowest BCUT2D eigenvalue weighted by Gasteiger charge is -2.10. The summed E-state index contributed by atoms with van der Waals surface area (Å²) in [6.07, 6.45) is 3.20. The highest BCUT2D eigenvalue weighted by Gasteiger charge is 2.18. The van der Waals surface area contributed by atoms with Crippen molar-refractivity contribution >= 4 is 22.7 Å². The number of carbonyl (C=O) groups is 2. The van der Waals surface area contributed by atoms with Crippen LogP contribution in [0.3, 0.4) is 0 Å². The number of aryl methyl sites for hydroxylation is 3. The quantitative estimate of drug-likeness (QED) is 0.572. The first-order valence-electron chi connectivity index (χ1n) is 9.61. The number of benzene rings is 1. The van der Waals surface area contributed by atoms with Crippen LogP contribution in [0.2, 0.25) is 0 Å². The van der Waals surface area contributed by atoms with E-state index in [2.05, 4.69) is 15.6 Å². The molecule has 0 bridgehead atoms. The van der Waals surface area contributed by atoms with Crippen LogP contribution in [0.15, 0.2) is 45.7 Å². The summed E-state index contributed by atoms with van der Waals surface area (Å²) >= 11 is 0.